The van der Waals surface area contributed by atoms with Crippen LogP contribution in [0, 0.1) is 13.8 Å². The number of nitrogens with two attached hydrogens (primary N) is 1. The first-order chi connectivity index (χ1) is 12.6. The fourth-order valence-corrected chi connectivity index (χ4v) is 2.84. The topological polar surface area (TPSA) is 76.7 Å². The number of nitrogens with one attached hydrogen (secondary N) is 1. The minimum absolute atomic E-state index is 0.701. The Hall–Kier alpha value is -3.47. The summed E-state index contributed by atoms with van der Waals surface area (Å²) in [5.41, 5.74) is 12.1. The molecule has 0 atom stereocenters. The van der Waals surface area contributed by atoms with Gasteiger partial charge in [-0.2, -0.15) is 0 Å². The van der Waals surface area contributed by atoms with Crippen molar-refractivity contribution in [1.29, 1.82) is 0 Å². The lowest BCUT2D eigenvalue weighted by Crippen LogP contribution is -1.99. The van der Waals surface area contributed by atoms with Crippen LogP contribution in [-0.4, -0.2) is 15.0 Å². The van der Waals surface area contributed by atoms with E-state index in [1.54, 1.807) is 6.20 Å². The van der Waals surface area contributed by atoms with Crippen LogP contribution in [-0.2, 0) is 0 Å². The van der Waals surface area contributed by atoms with Gasteiger partial charge in [0, 0.05) is 29.0 Å². The molecule has 0 aliphatic rings. The van der Waals surface area contributed by atoms with E-state index < -0.39 is 0 Å². The Morgan fingerprint density at radius 1 is 0.885 bits per heavy atom. The molecule has 0 bridgehead atoms. The molecule has 0 fully saturated rings. The number of aryl methyl sites for hydroxylation is 2. The number of nitrogens with zero attached hydrogens (tertiary/aromatic N) is 3. The van der Waals surface area contributed by atoms with E-state index in [1.165, 1.54) is 0 Å². The van der Waals surface area contributed by atoms with Crippen molar-refractivity contribution in [1.82, 2.24) is 15.0 Å². The van der Waals surface area contributed by atoms with E-state index in [0.717, 1.165) is 39.2 Å². The normalized spacial score (nSPS) is 10.8. The summed E-state index contributed by atoms with van der Waals surface area (Å²) in [6.07, 6.45) is 1.77. The molecule has 0 saturated heterocycles. The second-order valence-electron chi connectivity index (χ2n) is 6.29. The second kappa shape index (κ2) is 6.44. The van der Waals surface area contributed by atoms with Crippen molar-refractivity contribution >= 4 is 28.1 Å². The first-order valence-corrected chi connectivity index (χ1v) is 8.43. The zero-order chi connectivity index (χ0) is 18.1. The molecule has 0 spiro atoms. The Morgan fingerprint density at radius 2 is 1.73 bits per heavy atom. The Kier molecular flexibility index (Phi) is 3.97. The average molecular weight is 341 g/mol. The largest absolute Gasteiger partial charge is 0.398 e. The summed E-state index contributed by atoms with van der Waals surface area (Å²) in [4.78, 5) is 13.8. The smallest absolute Gasteiger partial charge is 0.132 e. The molecular formula is C21H19N5. The highest BCUT2D eigenvalue weighted by molar-refractivity contribution is 5.95. The van der Waals surface area contributed by atoms with Crippen molar-refractivity contribution in [2.24, 2.45) is 0 Å². The highest BCUT2D eigenvalue weighted by Crippen LogP contribution is 2.30. The predicted molar refractivity (Wildman–Crippen MR) is 106 cm³/mol. The number of benzene rings is 1. The Balaban J connectivity index is 1.85. The first-order valence-electron chi connectivity index (χ1n) is 8.43. The zero-order valence-electron chi connectivity index (χ0n) is 14.7. The van der Waals surface area contributed by atoms with Gasteiger partial charge >= 0.3 is 0 Å². The molecule has 0 unspecified atom stereocenters. The summed E-state index contributed by atoms with van der Waals surface area (Å²) in [7, 11) is 0. The van der Waals surface area contributed by atoms with Crippen LogP contribution in [0.4, 0.5) is 17.2 Å². The molecule has 0 radical (unpaired) electrons. The van der Waals surface area contributed by atoms with E-state index in [1.807, 2.05) is 68.4 Å². The van der Waals surface area contributed by atoms with Crippen molar-refractivity contribution in [2.75, 3.05) is 11.1 Å². The highest BCUT2D eigenvalue weighted by atomic mass is 15.0. The fourth-order valence-electron chi connectivity index (χ4n) is 2.84. The summed E-state index contributed by atoms with van der Waals surface area (Å²) in [6.45, 7) is 3.91. The van der Waals surface area contributed by atoms with Gasteiger partial charge < -0.3 is 11.1 Å². The molecule has 3 N–H and O–H groups in total. The van der Waals surface area contributed by atoms with Crippen molar-refractivity contribution in [3.8, 4) is 11.4 Å². The summed E-state index contributed by atoms with van der Waals surface area (Å²) in [5, 5.41) is 4.40. The Bertz CT molecular complexity index is 1100. The summed E-state index contributed by atoms with van der Waals surface area (Å²) in [6, 6.07) is 17.8. The molecule has 4 aromatic rings. The third kappa shape index (κ3) is 3.07. The quantitative estimate of drug-likeness (QED) is 0.568. The second-order valence-corrected chi connectivity index (χ2v) is 6.29. The van der Waals surface area contributed by atoms with Gasteiger partial charge in [-0.15, -0.1) is 0 Å². The number of rotatable bonds is 3. The predicted octanol–water partition coefficient (Wildman–Crippen LogP) is 4.63. The number of anilines is 3. The molecule has 0 saturated carbocycles. The van der Waals surface area contributed by atoms with Gasteiger partial charge in [0.25, 0.3) is 0 Å². The molecule has 1 aromatic carbocycles. The van der Waals surface area contributed by atoms with Crippen molar-refractivity contribution < 1.29 is 0 Å². The third-order valence-electron chi connectivity index (χ3n) is 4.27. The summed E-state index contributed by atoms with van der Waals surface area (Å²) in [5.74, 6) is 0.701. The van der Waals surface area contributed by atoms with Crippen LogP contribution in [0.25, 0.3) is 22.3 Å². The van der Waals surface area contributed by atoms with E-state index in [2.05, 4.69) is 15.3 Å². The van der Waals surface area contributed by atoms with Gasteiger partial charge in [-0.1, -0.05) is 24.3 Å². The molecule has 0 amide bonds. The van der Waals surface area contributed by atoms with Crippen LogP contribution in [0.2, 0.25) is 0 Å². The lowest BCUT2D eigenvalue weighted by Gasteiger charge is -2.12. The SMILES string of the molecule is Cc1cccc(-c2cc(Nc3cc(N)c(C)cn3)c3ccccc3n2)n1. The number of fused-ring (bicyclic) bond motifs is 1. The van der Waals surface area contributed by atoms with Gasteiger partial charge in [-0.3, -0.25) is 4.98 Å². The molecule has 5 heteroatoms. The molecule has 5 nitrogen and oxygen atoms in total. The fraction of sp³-hybridized carbons (Fsp3) is 0.0952. The highest BCUT2D eigenvalue weighted by Gasteiger charge is 2.10. The van der Waals surface area contributed by atoms with Crippen molar-refractivity contribution in [3.63, 3.8) is 0 Å². The lowest BCUT2D eigenvalue weighted by molar-refractivity contribution is 1.19. The monoisotopic (exact) mass is 341 g/mol. The van der Waals surface area contributed by atoms with E-state index >= 15 is 0 Å². The molecule has 3 heterocycles. The molecule has 4 rings (SSSR count). The molecule has 3 aromatic heterocycles. The number of pyridine rings is 3. The summed E-state index contributed by atoms with van der Waals surface area (Å²) < 4.78 is 0. The minimum atomic E-state index is 0.701. The molecule has 0 aliphatic carbocycles. The average Bonchev–Trinajstić information content (AvgIpc) is 2.65. The van der Waals surface area contributed by atoms with Crippen LogP contribution in [0.15, 0.2) is 60.8 Å². The molecular weight excluding hydrogens is 322 g/mol. The van der Waals surface area contributed by atoms with E-state index in [4.69, 9.17) is 10.7 Å². The Morgan fingerprint density at radius 3 is 2.54 bits per heavy atom. The standard InChI is InChI=1S/C21H19N5/c1-13-12-23-21(10-16(13)22)26-19-11-20(18-9-5-6-14(2)24-18)25-17-8-4-3-7-15(17)19/h3-12H,1-2H3,(H3,22,23,25,26). The van der Waals surface area contributed by atoms with Crippen LogP contribution in [0.1, 0.15) is 11.3 Å². The maximum Gasteiger partial charge on any atom is 0.132 e. The number of aromatic nitrogens is 3. The Labute approximate surface area is 152 Å². The van der Waals surface area contributed by atoms with Gasteiger partial charge in [-0.05, 0) is 43.7 Å². The number of nitrogen functional groups attached to an aromatic ring is 1. The van der Waals surface area contributed by atoms with Crippen LogP contribution in [0.5, 0.6) is 0 Å². The zero-order valence-corrected chi connectivity index (χ0v) is 14.7. The molecule has 26 heavy (non-hydrogen) atoms. The number of hydrogen-bond donors (Lipinski definition) is 2. The molecule has 128 valence electrons. The van der Waals surface area contributed by atoms with Crippen molar-refractivity contribution in [2.45, 2.75) is 13.8 Å². The van der Waals surface area contributed by atoms with Gasteiger partial charge in [0.1, 0.15) is 5.82 Å². The number of hydrogen-bond acceptors (Lipinski definition) is 5. The van der Waals surface area contributed by atoms with E-state index in [0.29, 0.717) is 11.5 Å². The van der Waals surface area contributed by atoms with Crippen molar-refractivity contribution in [3.05, 3.63) is 72.1 Å². The lowest BCUT2D eigenvalue weighted by atomic mass is 10.1. The molecule has 0 aliphatic heterocycles. The van der Waals surface area contributed by atoms with Gasteiger partial charge in [-0.25, -0.2) is 9.97 Å². The summed E-state index contributed by atoms with van der Waals surface area (Å²) >= 11 is 0. The van der Waals surface area contributed by atoms with Crippen LogP contribution >= 0.6 is 0 Å². The van der Waals surface area contributed by atoms with Crippen LogP contribution < -0.4 is 11.1 Å². The number of para-hydroxylation sites is 1. The van der Waals surface area contributed by atoms with E-state index in [-0.39, 0.29) is 0 Å². The minimum Gasteiger partial charge on any atom is -0.398 e. The van der Waals surface area contributed by atoms with E-state index in [9.17, 15) is 0 Å². The maximum absolute atomic E-state index is 6.02. The van der Waals surface area contributed by atoms with Gasteiger partial charge in [0.2, 0.25) is 0 Å². The first kappa shape index (κ1) is 16.0. The van der Waals surface area contributed by atoms with Gasteiger partial charge in [0.05, 0.1) is 22.6 Å². The van der Waals surface area contributed by atoms with Gasteiger partial charge in [0.15, 0.2) is 0 Å². The maximum atomic E-state index is 6.02. The third-order valence-corrected chi connectivity index (χ3v) is 4.27. The van der Waals surface area contributed by atoms with Crippen LogP contribution in [0.3, 0.4) is 0 Å².